The van der Waals surface area contributed by atoms with Gasteiger partial charge in [0.15, 0.2) is 0 Å². The molecule has 1 fully saturated rings. The van der Waals surface area contributed by atoms with Crippen LogP contribution < -0.4 is 5.32 Å². The average Bonchev–Trinajstić information content (AvgIpc) is 3.07. The Morgan fingerprint density at radius 1 is 1.32 bits per heavy atom. The van der Waals surface area contributed by atoms with Crippen molar-refractivity contribution in [2.75, 3.05) is 19.6 Å². The molecule has 0 saturated carbocycles. The Balaban J connectivity index is 1.98. The standard InChI is InChI=1S/C16H28N2O/c1-4-14(13(2)3)17-12-15(16-8-7-11-19-16)18-9-5-6-10-18/h7-8,11,13-15,17H,4-6,9-10,12H2,1-3H3. The Hall–Kier alpha value is -0.800. The second kappa shape index (κ2) is 7.11. The fourth-order valence-electron chi connectivity index (χ4n) is 3.06. The summed E-state index contributed by atoms with van der Waals surface area (Å²) in [6, 6.07) is 5.10. The van der Waals surface area contributed by atoms with Gasteiger partial charge in [0.2, 0.25) is 0 Å². The maximum atomic E-state index is 5.65. The van der Waals surface area contributed by atoms with E-state index in [1.54, 1.807) is 6.26 Å². The highest BCUT2D eigenvalue weighted by Crippen LogP contribution is 2.25. The van der Waals surface area contributed by atoms with Gasteiger partial charge >= 0.3 is 0 Å². The van der Waals surface area contributed by atoms with Gasteiger partial charge in [-0.2, -0.15) is 0 Å². The zero-order valence-corrected chi connectivity index (χ0v) is 12.6. The van der Waals surface area contributed by atoms with Gasteiger partial charge < -0.3 is 9.73 Å². The van der Waals surface area contributed by atoms with Crippen LogP contribution in [0.4, 0.5) is 0 Å². The SMILES string of the molecule is CCC(NCC(c1ccco1)N1CCCC1)C(C)C. The van der Waals surface area contributed by atoms with Crippen LogP contribution >= 0.6 is 0 Å². The summed E-state index contributed by atoms with van der Waals surface area (Å²) in [6.45, 7) is 10.2. The van der Waals surface area contributed by atoms with E-state index in [0.717, 1.165) is 12.3 Å². The van der Waals surface area contributed by atoms with Gasteiger partial charge in [-0.15, -0.1) is 0 Å². The highest BCUT2D eigenvalue weighted by atomic mass is 16.3. The molecule has 1 saturated heterocycles. The van der Waals surface area contributed by atoms with Gasteiger partial charge in [0.1, 0.15) is 5.76 Å². The second-order valence-corrected chi connectivity index (χ2v) is 5.94. The second-order valence-electron chi connectivity index (χ2n) is 5.94. The molecule has 0 aromatic carbocycles. The number of hydrogen-bond acceptors (Lipinski definition) is 3. The first-order valence-electron chi connectivity index (χ1n) is 7.73. The van der Waals surface area contributed by atoms with E-state index in [0.29, 0.717) is 18.0 Å². The molecule has 0 aliphatic carbocycles. The first kappa shape index (κ1) is 14.6. The molecule has 0 amide bonds. The molecular formula is C16H28N2O. The smallest absolute Gasteiger partial charge is 0.122 e. The van der Waals surface area contributed by atoms with Gasteiger partial charge in [0.25, 0.3) is 0 Å². The van der Waals surface area contributed by atoms with Crippen LogP contribution in [0.5, 0.6) is 0 Å². The van der Waals surface area contributed by atoms with Crippen molar-refractivity contribution in [1.29, 1.82) is 0 Å². The summed E-state index contributed by atoms with van der Waals surface area (Å²) in [5.41, 5.74) is 0. The third-order valence-electron chi connectivity index (χ3n) is 4.27. The monoisotopic (exact) mass is 264 g/mol. The first-order chi connectivity index (χ1) is 9.22. The lowest BCUT2D eigenvalue weighted by Crippen LogP contribution is -2.40. The first-order valence-corrected chi connectivity index (χ1v) is 7.73. The molecule has 0 radical (unpaired) electrons. The zero-order chi connectivity index (χ0) is 13.7. The summed E-state index contributed by atoms with van der Waals surface area (Å²) >= 11 is 0. The summed E-state index contributed by atoms with van der Waals surface area (Å²) in [4.78, 5) is 2.55. The number of nitrogens with zero attached hydrogens (tertiary/aromatic N) is 1. The van der Waals surface area contributed by atoms with E-state index in [-0.39, 0.29) is 0 Å². The van der Waals surface area contributed by atoms with Gasteiger partial charge in [-0.3, -0.25) is 4.90 Å². The molecule has 1 aromatic rings. The van der Waals surface area contributed by atoms with Gasteiger partial charge in [-0.05, 0) is 50.4 Å². The molecule has 0 bridgehead atoms. The minimum Gasteiger partial charge on any atom is -0.468 e. The molecule has 2 heterocycles. The van der Waals surface area contributed by atoms with E-state index >= 15 is 0 Å². The molecule has 2 rings (SSSR count). The fourth-order valence-corrected chi connectivity index (χ4v) is 3.06. The van der Waals surface area contributed by atoms with Crippen LogP contribution in [-0.4, -0.2) is 30.6 Å². The third kappa shape index (κ3) is 3.83. The minimum absolute atomic E-state index is 0.394. The summed E-state index contributed by atoms with van der Waals surface area (Å²) in [6.07, 6.45) is 5.61. The Labute approximate surface area is 117 Å². The Morgan fingerprint density at radius 3 is 2.58 bits per heavy atom. The summed E-state index contributed by atoms with van der Waals surface area (Å²) in [5, 5.41) is 3.73. The van der Waals surface area contributed by atoms with Gasteiger partial charge in [0, 0.05) is 12.6 Å². The number of likely N-dealkylation sites (tertiary alicyclic amines) is 1. The summed E-state index contributed by atoms with van der Waals surface area (Å²) in [5.74, 6) is 1.79. The van der Waals surface area contributed by atoms with Gasteiger partial charge in [-0.25, -0.2) is 0 Å². The van der Waals surface area contributed by atoms with Crippen LogP contribution in [-0.2, 0) is 0 Å². The quantitative estimate of drug-likeness (QED) is 0.817. The molecule has 3 nitrogen and oxygen atoms in total. The average molecular weight is 264 g/mol. The van der Waals surface area contributed by atoms with Crippen LogP contribution in [0.2, 0.25) is 0 Å². The highest BCUT2D eigenvalue weighted by Gasteiger charge is 2.26. The van der Waals surface area contributed by atoms with Crippen molar-refractivity contribution in [3.05, 3.63) is 24.2 Å². The van der Waals surface area contributed by atoms with Crippen LogP contribution in [0.3, 0.4) is 0 Å². The molecular weight excluding hydrogens is 236 g/mol. The Morgan fingerprint density at radius 2 is 2.05 bits per heavy atom. The predicted molar refractivity (Wildman–Crippen MR) is 79.2 cm³/mol. The van der Waals surface area contributed by atoms with Crippen LogP contribution in [0, 0.1) is 5.92 Å². The lowest BCUT2D eigenvalue weighted by atomic mass is 10.0. The Bertz CT molecular complexity index is 342. The van der Waals surface area contributed by atoms with Crippen molar-refractivity contribution in [3.63, 3.8) is 0 Å². The molecule has 1 aliphatic rings. The third-order valence-corrected chi connectivity index (χ3v) is 4.27. The molecule has 1 aromatic heterocycles. The van der Waals surface area contributed by atoms with E-state index in [9.17, 15) is 0 Å². The summed E-state index contributed by atoms with van der Waals surface area (Å²) in [7, 11) is 0. The summed E-state index contributed by atoms with van der Waals surface area (Å²) < 4.78 is 5.65. The maximum absolute atomic E-state index is 5.65. The maximum Gasteiger partial charge on any atom is 0.122 e. The predicted octanol–water partition coefficient (Wildman–Crippen LogP) is 3.44. The molecule has 108 valence electrons. The van der Waals surface area contributed by atoms with Gasteiger partial charge in [0.05, 0.1) is 12.3 Å². The van der Waals surface area contributed by atoms with E-state index < -0.39 is 0 Å². The van der Waals surface area contributed by atoms with E-state index in [4.69, 9.17) is 4.42 Å². The minimum atomic E-state index is 0.394. The molecule has 3 heteroatoms. The number of rotatable bonds is 7. The van der Waals surface area contributed by atoms with Crippen molar-refractivity contribution in [3.8, 4) is 0 Å². The largest absolute Gasteiger partial charge is 0.468 e. The van der Waals surface area contributed by atoms with Crippen molar-refractivity contribution >= 4 is 0 Å². The van der Waals surface area contributed by atoms with Crippen LogP contribution in [0.1, 0.15) is 51.8 Å². The molecule has 19 heavy (non-hydrogen) atoms. The number of furan rings is 1. The van der Waals surface area contributed by atoms with E-state index in [1.165, 1.54) is 32.4 Å². The lowest BCUT2D eigenvalue weighted by Gasteiger charge is -2.29. The lowest BCUT2D eigenvalue weighted by molar-refractivity contribution is 0.198. The zero-order valence-electron chi connectivity index (χ0n) is 12.6. The van der Waals surface area contributed by atoms with E-state index in [1.807, 2.05) is 6.07 Å². The normalized spacial score (nSPS) is 20.0. The number of hydrogen-bond donors (Lipinski definition) is 1. The fraction of sp³-hybridized carbons (Fsp3) is 0.750. The van der Waals surface area contributed by atoms with E-state index in [2.05, 4.69) is 37.1 Å². The Kier molecular flexibility index (Phi) is 5.46. The van der Waals surface area contributed by atoms with Gasteiger partial charge in [-0.1, -0.05) is 20.8 Å². The van der Waals surface area contributed by atoms with Crippen molar-refractivity contribution in [2.24, 2.45) is 5.92 Å². The molecule has 0 spiro atoms. The van der Waals surface area contributed by atoms with Crippen LogP contribution in [0.15, 0.2) is 22.8 Å². The topological polar surface area (TPSA) is 28.4 Å². The van der Waals surface area contributed by atoms with Crippen molar-refractivity contribution in [2.45, 2.75) is 52.1 Å². The van der Waals surface area contributed by atoms with Crippen molar-refractivity contribution < 1.29 is 4.42 Å². The van der Waals surface area contributed by atoms with Crippen LogP contribution in [0.25, 0.3) is 0 Å². The molecule has 2 atom stereocenters. The molecule has 1 aliphatic heterocycles. The number of nitrogens with one attached hydrogen (secondary N) is 1. The molecule has 2 unspecified atom stereocenters. The molecule has 1 N–H and O–H groups in total. The highest BCUT2D eigenvalue weighted by molar-refractivity contribution is 5.06. The van der Waals surface area contributed by atoms with Crippen molar-refractivity contribution in [1.82, 2.24) is 10.2 Å².